The van der Waals surface area contributed by atoms with Crippen molar-refractivity contribution < 1.29 is 9.53 Å². The van der Waals surface area contributed by atoms with Gasteiger partial charge in [-0.05, 0) is 37.5 Å². The summed E-state index contributed by atoms with van der Waals surface area (Å²) in [7, 11) is 1.40. The summed E-state index contributed by atoms with van der Waals surface area (Å²) in [5, 5.41) is 9.55. The molecule has 0 aromatic heterocycles. The molecule has 2 aromatic rings. The molecule has 0 atom stereocenters. The van der Waals surface area contributed by atoms with Crippen molar-refractivity contribution >= 4 is 23.3 Å². The number of nitriles is 1. The molecule has 3 nitrogen and oxygen atoms in total. The lowest BCUT2D eigenvalue weighted by Gasteiger charge is -2.08. The summed E-state index contributed by atoms with van der Waals surface area (Å²) < 4.78 is 4.63. The number of esters is 1. The molecule has 0 fully saturated rings. The van der Waals surface area contributed by atoms with Crippen molar-refractivity contribution in [1.29, 1.82) is 5.26 Å². The Balaban J connectivity index is 2.06. The predicted molar refractivity (Wildman–Crippen MR) is 101 cm³/mol. The zero-order valence-electron chi connectivity index (χ0n) is 14.3. The second-order valence-corrected chi connectivity index (χ2v) is 6.58. The van der Waals surface area contributed by atoms with E-state index < -0.39 is 0 Å². The molecule has 0 spiro atoms. The van der Waals surface area contributed by atoms with E-state index in [1.54, 1.807) is 11.8 Å². The topological polar surface area (TPSA) is 50.1 Å². The Morgan fingerprint density at radius 2 is 1.84 bits per heavy atom. The number of carbonyl (C=O) groups excluding carboxylic acids is 1. The number of carbonyl (C=O) groups is 1. The molecule has 2 rings (SSSR count). The van der Waals surface area contributed by atoms with E-state index in [1.165, 1.54) is 7.11 Å². The number of allylic oxidation sites excluding steroid dienone is 2. The van der Waals surface area contributed by atoms with Gasteiger partial charge in [-0.2, -0.15) is 5.26 Å². The van der Waals surface area contributed by atoms with Gasteiger partial charge >= 0.3 is 5.97 Å². The van der Waals surface area contributed by atoms with Crippen molar-refractivity contribution in [3.05, 3.63) is 66.2 Å². The number of ether oxygens (including phenoxy) is 1. The van der Waals surface area contributed by atoms with E-state index in [4.69, 9.17) is 0 Å². The van der Waals surface area contributed by atoms with Crippen LogP contribution in [0, 0.1) is 11.3 Å². The molecular weight excluding hydrogens is 330 g/mol. The highest BCUT2D eigenvalue weighted by Crippen LogP contribution is 2.33. The van der Waals surface area contributed by atoms with Crippen molar-refractivity contribution in [2.24, 2.45) is 0 Å². The maximum atomic E-state index is 11.1. The second kappa shape index (κ2) is 10.4. The minimum atomic E-state index is -0.186. The predicted octanol–water partition coefficient (Wildman–Crippen LogP) is 5.48. The van der Waals surface area contributed by atoms with Crippen molar-refractivity contribution in [1.82, 2.24) is 0 Å². The number of nitrogens with zero attached hydrogens (tertiary/aromatic N) is 1. The standard InChI is InChI=1S/C21H21NO2S/c1-24-21(23)15-7-2-4-10-17(16-22)19-13-8-9-14-20(19)25-18-11-5-3-6-12-18/h3,5-6,8-14H,2,4,7,15H2,1H3/b17-10+. The lowest BCUT2D eigenvalue weighted by atomic mass is 10.0. The fraction of sp³-hybridized carbons (Fsp3) is 0.238. The molecule has 0 amide bonds. The van der Waals surface area contributed by atoms with Crippen molar-refractivity contribution in [2.75, 3.05) is 7.11 Å². The van der Waals surface area contributed by atoms with Crippen LogP contribution in [0.3, 0.4) is 0 Å². The highest BCUT2D eigenvalue weighted by atomic mass is 32.2. The van der Waals surface area contributed by atoms with Gasteiger partial charge in [-0.3, -0.25) is 4.79 Å². The summed E-state index contributed by atoms with van der Waals surface area (Å²) in [6.07, 6.45) is 4.77. The minimum Gasteiger partial charge on any atom is -0.469 e. The molecule has 0 saturated carbocycles. The molecule has 0 N–H and O–H groups in total. The normalized spacial score (nSPS) is 11.0. The molecule has 0 heterocycles. The second-order valence-electron chi connectivity index (χ2n) is 5.46. The summed E-state index contributed by atoms with van der Waals surface area (Å²) in [6, 6.07) is 20.4. The van der Waals surface area contributed by atoms with Crippen LogP contribution in [0.1, 0.15) is 31.2 Å². The van der Waals surface area contributed by atoms with Crippen LogP contribution in [-0.4, -0.2) is 13.1 Å². The van der Waals surface area contributed by atoms with Crippen molar-refractivity contribution in [2.45, 2.75) is 35.5 Å². The maximum Gasteiger partial charge on any atom is 0.305 e. The molecule has 0 unspecified atom stereocenters. The zero-order chi connectivity index (χ0) is 17.9. The Labute approximate surface area is 153 Å². The fourth-order valence-electron chi connectivity index (χ4n) is 2.37. The van der Waals surface area contributed by atoms with E-state index in [1.807, 2.05) is 48.5 Å². The number of rotatable bonds is 8. The number of unbranched alkanes of at least 4 members (excludes halogenated alkanes) is 2. The Kier molecular flexibility index (Phi) is 7.81. The molecule has 25 heavy (non-hydrogen) atoms. The molecule has 2 aromatic carbocycles. The first-order valence-electron chi connectivity index (χ1n) is 8.24. The van der Waals surface area contributed by atoms with E-state index in [2.05, 4.69) is 22.9 Å². The number of methoxy groups -OCH3 is 1. The first-order chi connectivity index (χ1) is 12.2. The van der Waals surface area contributed by atoms with E-state index in [-0.39, 0.29) is 5.97 Å². The van der Waals surface area contributed by atoms with Gasteiger partial charge in [0.15, 0.2) is 0 Å². The van der Waals surface area contributed by atoms with Crippen molar-refractivity contribution in [3.63, 3.8) is 0 Å². The molecular formula is C21H21NO2S. The van der Waals surface area contributed by atoms with Gasteiger partial charge in [-0.15, -0.1) is 0 Å². The van der Waals surface area contributed by atoms with Crippen LogP contribution < -0.4 is 0 Å². The molecule has 0 radical (unpaired) electrons. The smallest absolute Gasteiger partial charge is 0.305 e. The third kappa shape index (κ3) is 6.13. The van der Waals surface area contributed by atoms with E-state index in [9.17, 15) is 10.1 Å². The van der Waals surface area contributed by atoms with Gasteiger partial charge in [0.1, 0.15) is 0 Å². The summed E-state index contributed by atoms with van der Waals surface area (Å²) in [6.45, 7) is 0. The highest BCUT2D eigenvalue weighted by molar-refractivity contribution is 7.99. The van der Waals surface area contributed by atoms with E-state index in [0.29, 0.717) is 12.0 Å². The van der Waals surface area contributed by atoms with Gasteiger partial charge in [-0.1, -0.05) is 54.2 Å². The Bertz CT molecular complexity index is 763. The summed E-state index contributed by atoms with van der Waals surface area (Å²) >= 11 is 1.66. The van der Waals surface area contributed by atoms with Gasteiger partial charge < -0.3 is 4.74 Å². The number of benzene rings is 2. The lowest BCUT2D eigenvalue weighted by molar-refractivity contribution is -0.140. The van der Waals surface area contributed by atoms with E-state index >= 15 is 0 Å². The molecule has 128 valence electrons. The molecule has 4 heteroatoms. The van der Waals surface area contributed by atoms with Gasteiger partial charge in [0.2, 0.25) is 0 Å². The van der Waals surface area contributed by atoms with Gasteiger partial charge in [-0.25, -0.2) is 0 Å². The summed E-state index contributed by atoms with van der Waals surface area (Å²) in [5.74, 6) is -0.186. The maximum absolute atomic E-state index is 11.1. The fourth-order valence-corrected chi connectivity index (χ4v) is 3.35. The summed E-state index contributed by atoms with van der Waals surface area (Å²) in [5.41, 5.74) is 1.63. The van der Waals surface area contributed by atoms with Crippen LogP contribution in [-0.2, 0) is 9.53 Å². The molecule has 0 saturated heterocycles. The molecule has 0 bridgehead atoms. The molecule has 0 aliphatic heterocycles. The largest absolute Gasteiger partial charge is 0.469 e. The third-order valence-corrected chi connectivity index (χ3v) is 4.76. The van der Waals surface area contributed by atoms with Crippen LogP contribution >= 0.6 is 11.8 Å². The molecule has 0 aliphatic carbocycles. The Hall–Kier alpha value is -2.51. The van der Waals surface area contributed by atoms with Crippen molar-refractivity contribution in [3.8, 4) is 6.07 Å². The van der Waals surface area contributed by atoms with Gasteiger partial charge in [0.25, 0.3) is 0 Å². The SMILES string of the molecule is COC(=O)CCCC/C=C(\C#N)c1ccccc1Sc1ccccc1. The minimum absolute atomic E-state index is 0.186. The summed E-state index contributed by atoms with van der Waals surface area (Å²) in [4.78, 5) is 13.3. The number of hydrogen-bond acceptors (Lipinski definition) is 4. The van der Waals surface area contributed by atoms with Crippen LogP contribution in [0.4, 0.5) is 0 Å². The van der Waals surface area contributed by atoms with Gasteiger partial charge in [0, 0.05) is 21.8 Å². The van der Waals surface area contributed by atoms with Crippen LogP contribution in [0.5, 0.6) is 0 Å². The third-order valence-electron chi connectivity index (χ3n) is 3.68. The van der Waals surface area contributed by atoms with E-state index in [0.717, 1.165) is 34.6 Å². The first kappa shape index (κ1) is 18.8. The monoisotopic (exact) mass is 351 g/mol. The number of hydrogen-bond donors (Lipinski definition) is 0. The van der Waals surface area contributed by atoms with Crippen LogP contribution in [0.2, 0.25) is 0 Å². The molecule has 0 aliphatic rings. The lowest BCUT2D eigenvalue weighted by Crippen LogP contribution is -1.98. The van der Waals surface area contributed by atoms with Crippen LogP contribution in [0.15, 0.2) is 70.5 Å². The van der Waals surface area contributed by atoms with Gasteiger partial charge in [0.05, 0.1) is 18.8 Å². The average molecular weight is 351 g/mol. The Morgan fingerprint density at radius 3 is 2.56 bits per heavy atom. The average Bonchev–Trinajstić information content (AvgIpc) is 2.66. The quantitative estimate of drug-likeness (QED) is 0.359. The Morgan fingerprint density at radius 1 is 1.12 bits per heavy atom. The zero-order valence-corrected chi connectivity index (χ0v) is 15.1. The van der Waals surface area contributed by atoms with Crippen LogP contribution in [0.25, 0.3) is 5.57 Å². The highest BCUT2D eigenvalue weighted by Gasteiger charge is 2.08. The first-order valence-corrected chi connectivity index (χ1v) is 9.05.